The highest BCUT2D eigenvalue weighted by atomic mass is 19.1. The summed E-state index contributed by atoms with van der Waals surface area (Å²) in [6.45, 7) is 0. The third kappa shape index (κ3) is 1.50. The normalized spacial score (nSPS) is 10.9. The predicted molar refractivity (Wildman–Crippen MR) is 59.4 cm³/mol. The number of aromatic nitrogens is 4. The number of rotatable bonds is 1. The summed E-state index contributed by atoms with van der Waals surface area (Å²) >= 11 is 0. The molecule has 0 unspecified atom stereocenters. The van der Waals surface area contributed by atoms with Crippen LogP contribution in [0.1, 0.15) is 0 Å². The lowest BCUT2D eigenvalue weighted by Gasteiger charge is -1.99. The van der Waals surface area contributed by atoms with Crippen molar-refractivity contribution >= 4 is 11.0 Å². The van der Waals surface area contributed by atoms with Gasteiger partial charge in [-0.3, -0.25) is 0 Å². The van der Waals surface area contributed by atoms with Crippen molar-refractivity contribution < 1.29 is 4.39 Å². The molecule has 0 fully saturated rings. The summed E-state index contributed by atoms with van der Waals surface area (Å²) in [4.78, 5) is 22.3. The van der Waals surface area contributed by atoms with Crippen molar-refractivity contribution in [3.05, 3.63) is 53.0 Å². The molecule has 6 heteroatoms. The van der Waals surface area contributed by atoms with Crippen LogP contribution in [0.2, 0.25) is 0 Å². The highest BCUT2D eigenvalue weighted by Crippen LogP contribution is 2.13. The van der Waals surface area contributed by atoms with Gasteiger partial charge in [0.05, 0.1) is 11.0 Å². The van der Waals surface area contributed by atoms with Crippen molar-refractivity contribution in [2.75, 3.05) is 0 Å². The molecule has 0 saturated heterocycles. The van der Waals surface area contributed by atoms with E-state index < -0.39 is 11.5 Å². The van der Waals surface area contributed by atoms with Gasteiger partial charge < -0.3 is 4.98 Å². The van der Waals surface area contributed by atoms with Crippen LogP contribution in [-0.2, 0) is 0 Å². The quantitative estimate of drug-likeness (QED) is 0.684. The Labute approximate surface area is 94.6 Å². The standard InChI is InChI=1S/C11H7FN4O/c12-7-2-3-9-8(6-7)15-11(17)16(9)10-13-4-1-5-14-10/h1-6H,(H,15,17). The van der Waals surface area contributed by atoms with Crippen LogP contribution in [0.4, 0.5) is 4.39 Å². The van der Waals surface area contributed by atoms with Gasteiger partial charge in [0.2, 0.25) is 5.95 Å². The van der Waals surface area contributed by atoms with Crippen LogP contribution in [0.25, 0.3) is 17.0 Å². The lowest BCUT2D eigenvalue weighted by molar-refractivity contribution is 0.629. The summed E-state index contributed by atoms with van der Waals surface area (Å²) < 4.78 is 14.3. The molecular formula is C11H7FN4O. The zero-order valence-electron chi connectivity index (χ0n) is 8.59. The average molecular weight is 230 g/mol. The second-order valence-electron chi connectivity index (χ2n) is 3.48. The fourth-order valence-electron chi connectivity index (χ4n) is 1.69. The maximum absolute atomic E-state index is 13.0. The summed E-state index contributed by atoms with van der Waals surface area (Å²) in [6.07, 6.45) is 3.08. The monoisotopic (exact) mass is 230 g/mol. The van der Waals surface area contributed by atoms with Gasteiger partial charge in [0, 0.05) is 12.4 Å². The zero-order valence-corrected chi connectivity index (χ0v) is 8.59. The van der Waals surface area contributed by atoms with Crippen LogP contribution in [0.5, 0.6) is 0 Å². The zero-order chi connectivity index (χ0) is 11.8. The Bertz CT molecular complexity index is 732. The molecule has 2 aromatic heterocycles. The Kier molecular flexibility index (Phi) is 2.01. The van der Waals surface area contributed by atoms with E-state index in [0.29, 0.717) is 11.0 Å². The number of fused-ring (bicyclic) bond motifs is 1. The number of aromatic amines is 1. The fourth-order valence-corrected chi connectivity index (χ4v) is 1.69. The number of nitrogens with zero attached hydrogens (tertiary/aromatic N) is 3. The first-order valence-corrected chi connectivity index (χ1v) is 4.93. The third-order valence-electron chi connectivity index (χ3n) is 2.40. The average Bonchev–Trinajstić information content (AvgIpc) is 2.65. The van der Waals surface area contributed by atoms with Crippen molar-refractivity contribution in [1.29, 1.82) is 0 Å². The van der Waals surface area contributed by atoms with E-state index in [4.69, 9.17) is 0 Å². The molecule has 0 saturated carbocycles. The number of imidazole rings is 1. The molecule has 0 aliphatic heterocycles. The molecule has 17 heavy (non-hydrogen) atoms. The molecule has 0 radical (unpaired) electrons. The molecule has 84 valence electrons. The van der Waals surface area contributed by atoms with Crippen molar-refractivity contribution in [1.82, 2.24) is 19.5 Å². The molecule has 0 aliphatic rings. The summed E-state index contributed by atoms with van der Waals surface area (Å²) in [6, 6.07) is 5.72. The Hall–Kier alpha value is -2.50. The SMILES string of the molecule is O=c1[nH]c2cc(F)ccc2n1-c1ncccn1. The molecule has 3 aromatic rings. The van der Waals surface area contributed by atoms with Crippen LogP contribution >= 0.6 is 0 Å². The fraction of sp³-hybridized carbons (Fsp3) is 0. The maximum atomic E-state index is 13.0. The largest absolute Gasteiger partial charge is 0.333 e. The maximum Gasteiger partial charge on any atom is 0.333 e. The predicted octanol–water partition coefficient (Wildman–Crippen LogP) is 1.25. The smallest absolute Gasteiger partial charge is 0.305 e. The van der Waals surface area contributed by atoms with Gasteiger partial charge in [-0.15, -0.1) is 0 Å². The van der Waals surface area contributed by atoms with Crippen LogP contribution < -0.4 is 5.69 Å². The molecule has 0 atom stereocenters. The molecule has 1 N–H and O–H groups in total. The minimum absolute atomic E-state index is 0.260. The molecule has 2 heterocycles. The van der Waals surface area contributed by atoms with Gasteiger partial charge in [-0.2, -0.15) is 0 Å². The van der Waals surface area contributed by atoms with Crippen molar-refractivity contribution in [3.63, 3.8) is 0 Å². The molecule has 1 aromatic carbocycles. The van der Waals surface area contributed by atoms with E-state index in [-0.39, 0.29) is 5.95 Å². The summed E-state index contributed by atoms with van der Waals surface area (Å²) in [5.41, 5.74) is 0.571. The van der Waals surface area contributed by atoms with Crippen molar-refractivity contribution in [2.45, 2.75) is 0 Å². The van der Waals surface area contributed by atoms with E-state index in [1.807, 2.05) is 0 Å². The van der Waals surface area contributed by atoms with E-state index >= 15 is 0 Å². The van der Waals surface area contributed by atoms with Gasteiger partial charge >= 0.3 is 5.69 Å². The van der Waals surface area contributed by atoms with Crippen molar-refractivity contribution in [3.8, 4) is 5.95 Å². The molecule has 5 nitrogen and oxygen atoms in total. The van der Waals surface area contributed by atoms with E-state index in [1.165, 1.54) is 35.2 Å². The highest BCUT2D eigenvalue weighted by molar-refractivity contribution is 5.76. The molecular weight excluding hydrogens is 223 g/mol. The molecule has 0 bridgehead atoms. The first kappa shape index (κ1) is 9.71. The number of hydrogen-bond donors (Lipinski definition) is 1. The molecule has 0 spiro atoms. The van der Waals surface area contributed by atoms with Gasteiger partial charge in [0.1, 0.15) is 5.82 Å². The summed E-state index contributed by atoms with van der Waals surface area (Å²) in [7, 11) is 0. The number of H-pyrrole nitrogens is 1. The Morgan fingerprint density at radius 2 is 2.00 bits per heavy atom. The third-order valence-corrected chi connectivity index (χ3v) is 2.40. The van der Waals surface area contributed by atoms with Crippen LogP contribution in [0.3, 0.4) is 0 Å². The Balaban J connectivity index is 2.37. The highest BCUT2D eigenvalue weighted by Gasteiger charge is 2.10. The van der Waals surface area contributed by atoms with Crippen LogP contribution in [0, 0.1) is 5.82 Å². The molecule has 0 amide bonds. The second-order valence-corrected chi connectivity index (χ2v) is 3.48. The number of nitrogens with one attached hydrogen (secondary N) is 1. The minimum atomic E-state index is -0.403. The van der Waals surface area contributed by atoms with Crippen LogP contribution in [0.15, 0.2) is 41.5 Å². The molecule has 3 rings (SSSR count). The Morgan fingerprint density at radius 1 is 1.24 bits per heavy atom. The topological polar surface area (TPSA) is 63.6 Å². The van der Waals surface area contributed by atoms with E-state index in [0.717, 1.165) is 0 Å². The molecule has 0 aliphatic carbocycles. The lowest BCUT2D eigenvalue weighted by atomic mass is 10.3. The van der Waals surface area contributed by atoms with Gasteiger partial charge in [-0.25, -0.2) is 23.7 Å². The van der Waals surface area contributed by atoms with Gasteiger partial charge in [0.25, 0.3) is 0 Å². The number of halogens is 1. The van der Waals surface area contributed by atoms with E-state index in [2.05, 4.69) is 15.0 Å². The van der Waals surface area contributed by atoms with Crippen LogP contribution in [-0.4, -0.2) is 19.5 Å². The Morgan fingerprint density at radius 3 is 2.76 bits per heavy atom. The van der Waals surface area contributed by atoms with E-state index in [9.17, 15) is 9.18 Å². The lowest BCUT2D eigenvalue weighted by Crippen LogP contribution is -2.16. The van der Waals surface area contributed by atoms with Gasteiger partial charge in [-0.05, 0) is 24.3 Å². The van der Waals surface area contributed by atoms with Gasteiger partial charge in [0.15, 0.2) is 0 Å². The second kappa shape index (κ2) is 3.51. The van der Waals surface area contributed by atoms with Crippen molar-refractivity contribution in [2.24, 2.45) is 0 Å². The van der Waals surface area contributed by atoms with E-state index in [1.54, 1.807) is 6.07 Å². The number of benzene rings is 1. The first-order chi connectivity index (χ1) is 8.25. The summed E-state index contributed by atoms with van der Waals surface area (Å²) in [5, 5.41) is 0. The first-order valence-electron chi connectivity index (χ1n) is 4.93. The summed E-state index contributed by atoms with van der Waals surface area (Å²) in [5.74, 6) is -0.143. The minimum Gasteiger partial charge on any atom is -0.305 e. The number of hydrogen-bond acceptors (Lipinski definition) is 3. The van der Waals surface area contributed by atoms with Gasteiger partial charge in [-0.1, -0.05) is 0 Å².